The number of aliphatic imine (C=N–C) groups is 1. The molecule has 0 radical (unpaired) electrons. The maximum absolute atomic E-state index is 12.0. The van der Waals surface area contributed by atoms with Gasteiger partial charge in [-0.05, 0) is 42.5 Å². The van der Waals surface area contributed by atoms with Crippen LogP contribution in [0, 0.1) is 6.92 Å². The molecule has 1 aromatic heterocycles. The second-order valence-corrected chi connectivity index (χ2v) is 7.26. The Hall–Kier alpha value is -2.19. The molecule has 1 amide bonds. The molecule has 6 nitrogen and oxygen atoms in total. The van der Waals surface area contributed by atoms with Gasteiger partial charge < -0.3 is 10.2 Å². The summed E-state index contributed by atoms with van der Waals surface area (Å²) in [5.41, 5.74) is 2.09. The summed E-state index contributed by atoms with van der Waals surface area (Å²) in [6.45, 7) is 1.87. The Balaban J connectivity index is 1.78. The molecule has 1 fully saturated rings. The average Bonchev–Trinajstić information content (AvgIpc) is 3.06. The van der Waals surface area contributed by atoms with Gasteiger partial charge in [-0.3, -0.25) is 4.79 Å². The lowest BCUT2D eigenvalue weighted by Gasteiger charge is -2.11. The van der Waals surface area contributed by atoms with Crippen molar-refractivity contribution >= 4 is 51.1 Å². The number of nitrogens with zero attached hydrogens (tertiary/aromatic N) is 4. The van der Waals surface area contributed by atoms with Crippen LogP contribution in [0.25, 0.3) is 6.08 Å². The second kappa shape index (κ2) is 6.51. The number of nitrogens with one attached hydrogen (secondary N) is 1. The predicted molar refractivity (Wildman–Crippen MR) is 96.2 cm³/mol. The molecule has 1 aromatic carbocycles. The van der Waals surface area contributed by atoms with E-state index < -0.39 is 0 Å². The number of carbonyl (C=O) groups is 1. The molecule has 2 heterocycles. The van der Waals surface area contributed by atoms with Crippen molar-refractivity contribution in [2.45, 2.75) is 6.92 Å². The van der Waals surface area contributed by atoms with E-state index in [2.05, 4.69) is 20.5 Å². The SMILES string of the molecule is Cc1nnc(N=C2NC(=O)/C(=C/c3ccc(N(C)C)cc3)S2)s1. The number of amidine groups is 1. The molecule has 1 N–H and O–H groups in total. The zero-order valence-electron chi connectivity index (χ0n) is 12.9. The number of thioether (sulfide) groups is 1. The van der Waals surface area contributed by atoms with Gasteiger partial charge in [0.15, 0.2) is 5.17 Å². The fraction of sp³-hybridized carbons (Fsp3) is 0.200. The van der Waals surface area contributed by atoms with E-state index in [0.29, 0.717) is 15.2 Å². The lowest BCUT2D eigenvalue weighted by molar-refractivity contribution is -0.115. The molecular formula is C15H15N5OS2. The van der Waals surface area contributed by atoms with E-state index >= 15 is 0 Å². The van der Waals surface area contributed by atoms with Crippen molar-refractivity contribution in [2.24, 2.45) is 4.99 Å². The van der Waals surface area contributed by atoms with Gasteiger partial charge in [0, 0.05) is 19.8 Å². The van der Waals surface area contributed by atoms with Crippen molar-refractivity contribution in [1.29, 1.82) is 0 Å². The summed E-state index contributed by atoms with van der Waals surface area (Å²) in [5, 5.41) is 12.5. The summed E-state index contributed by atoms with van der Waals surface area (Å²) < 4.78 is 0. The van der Waals surface area contributed by atoms with Crippen molar-refractivity contribution in [1.82, 2.24) is 15.5 Å². The van der Waals surface area contributed by atoms with Crippen molar-refractivity contribution in [2.75, 3.05) is 19.0 Å². The van der Waals surface area contributed by atoms with Gasteiger partial charge in [-0.1, -0.05) is 23.5 Å². The van der Waals surface area contributed by atoms with Crippen molar-refractivity contribution in [3.8, 4) is 0 Å². The van der Waals surface area contributed by atoms with Crippen LogP contribution in [-0.2, 0) is 4.79 Å². The summed E-state index contributed by atoms with van der Waals surface area (Å²) in [6.07, 6.45) is 1.85. The molecule has 0 bridgehead atoms. The van der Waals surface area contributed by atoms with Crippen molar-refractivity contribution < 1.29 is 4.79 Å². The first-order valence-electron chi connectivity index (χ1n) is 6.88. The molecule has 2 aromatic rings. The van der Waals surface area contributed by atoms with Crippen LogP contribution < -0.4 is 10.2 Å². The van der Waals surface area contributed by atoms with Gasteiger partial charge in [0.25, 0.3) is 5.91 Å². The van der Waals surface area contributed by atoms with Crippen LogP contribution >= 0.6 is 23.1 Å². The molecule has 0 aliphatic carbocycles. The minimum atomic E-state index is -0.147. The van der Waals surface area contributed by atoms with Crippen LogP contribution in [0.4, 0.5) is 10.8 Å². The molecule has 0 atom stereocenters. The first-order chi connectivity index (χ1) is 11.0. The molecule has 1 aliphatic heterocycles. The number of aryl methyl sites for hydroxylation is 1. The van der Waals surface area contributed by atoms with Gasteiger partial charge in [0.2, 0.25) is 5.13 Å². The average molecular weight is 345 g/mol. The molecule has 0 spiro atoms. The lowest BCUT2D eigenvalue weighted by Crippen LogP contribution is -2.19. The van der Waals surface area contributed by atoms with Crippen LogP contribution in [0.5, 0.6) is 0 Å². The number of anilines is 1. The first kappa shape index (κ1) is 15.7. The fourth-order valence-corrected chi connectivity index (χ4v) is 3.36. The van der Waals surface area contributed by atoms with Gasteiger partial charge in [0.1, 0.15) is 5.01 Å². The Kier molecular flexibility index (Phi) is 4.44. The Morgan fingerprint density at radius 2 is 1.96 bits per heavy atom. The third-order valence-electron chi connectivity index (χ3n) is 3.07. The van der Waals surface area contributed by atoms with Gasteiger partial charge in [-0.2, -0.15) is 4.99 Å². The number of hydrogen-bond donors (Lipinski definition) is 1. The maximum Gasteiger partial charge on any atom is 0.264 e. The van der Waals surface area contributed by atoms with E-state index in [1.807, 2.05) is 56.3 Å². The van der Waals surface area contributed by atoms with Crippen LogP contribution in [0.15, 0.2) is 34.2 Å². The second-order valence-electron chi connectivity index (χ2n) is 5.07. The molecule has 1 aliphatic rings. The summed E-state index contributed by atoms with van der Waals surface area (Å²) >= 11 is 2.69. The molecular weight excluding hydrogens is 330 g/mol. The Bertz CT molecular complexity index is 792. The smallest absolute Gasteiger partial charge is 0.264 e. The van der Waals surface area contributed by atoms with Gasteiger partial charge >= 0.3 is 0 Å². The van der Waals surface area contributed by atoms with E-state index in [4.69, 9.17) is 0 Å². The van der Waals surface area contributed by atoms with Crippen LogP contribution in [0.1, 0.15) is 10.6 Å². The normalized spacial score (nSPS) is 17.8. The number of carbonyl (C=O) groups excluding carboxylic acids is 1. The number of benzene rings is 1. The highest BCUT2D eigenvalue weighted by Gasteiger charge is 2.24. The number of amides is 1. The van der Waals surface area contributed by atoms with Gasteiger partial charge in [-0.25, -0.2) is 0 Å². The largest absolute Gasteiger partial charge is 0.378 e. The predicted octanol–water partition coefficient (Wildman–Crippen LogP) is 2.80. The molecule has 0 saturated carbocycles. The minimum Gasteiger partial charge on any atom is -0.378 e. The van der Waals surface area contributed by atoms with E-state index in [1.165, 1.54) is 23.1 Å². The number of hydrogen-bond acceptors (Lipinski definition) is 7. The topological polar surface area (TPSA) is 70.5 Å². The quantitative estimate of drug-likeness (QED) is 0.866. The third kappa shape index (κ3) is 3.77. The van der Waals surface area contributed by atoms with Crippen molar-refractivity contribution in [3.05, 3.63) is 39.7 Å². The van der Waals surface area contributed by atoms with E-state index in [0.717, 1.165) is 16.3 Å². The van der Waals surface area contributed by atoms with Crippen LogP contribution in [-0.4, -0.2) is 35.4 Å². The minimum absolute atomic E-state index is 0.147. The number of aromatic nitrogens is 2. The Labute approximate surface area is 142 Å². The fourth-order valence-electron chi connectivity index (χ4n) is 1.92. The van der Waals surface area contributed by atoms with Gasteiger partial charge in [0.05, 0.1) is 4.91 Å². The van der Waals surface area contributed by atoms with Crippen LogP contribution in [0.2, 0.25) is 0 Å². The molecule has 8 heteroatoms. The van der Waals surface area contributed by atoms with Crippen molar-refractivity contribution in [3.63, 3.8) is 0 Å². The molecule has 118 valence electrons. The van der Waals surface area contributed by atoms with Gasteiger partial charge in [-0.15, -0.1) is 10.2 Å². The summed E-state index contributed by atoms with van der Waals surface area (Å²) in [7, 11) is 3.98. The highest BCUT2D eigenvalue weighted by Crippen LogP contribution is 2.29. The zero-order chi connectivity index (χ0) is 16.4. The lowest BCUT2D eigenvalue weighted by atomic mass is 10.2. The standard InChI is InChI=1S/C15H15N5OS2/c1-9-18-19-15(22-9)17-14-16-13(21)12(23-14)8-10-4-6-11(7-5-10)20(2)3/h4-8H,1-3H3,(H,16,17,19,21)/b12-8-. The monoisotopic (exact) mass is 345 g/mol. The third-order valence-corrected chi connectivity index (χ3v) is 4.71. The number of rotatable bonds is 3. The zero-order valence-corrected chi connectivity index (χ0v) is 14.5. The summed E-state index contributed by atoms with van der Waals surface area (Å²) in [4.78, 5) is 19.0. The van der Waals surface area contributed by atoms with E-state index in [9.17, 15) is 4.79 Å². The molecule has 1 saturated heterocycles. The molecule has 3 rings (SSSR count). The highest BCUT2D eigenvalue weighted by molar-refractivity contribution is 8.18. The van der Waals surface area contributed by atoms with E-state index in [-0.39, 0.29) is 5.91 Å². The molecule has 23 heavy (non-hydrogen) atoms. The first-order valence-corrected chi connectivity index (χ1v) is 8.51. The molecule has 0 unspecified atom stereocenters. The maximum atomic E-state index is 12.0. The van der Waals surface area contributed by atoms with Crippen LogP contribution in [0.3, 0.4) is 0 Å². The summed E-state index contributed by atoms with van der Waals surface area (Å²) in [6, 6.07) is 8.00. The highest BCUT2D eigenvalue weighted by atomic mass is 32.2. The van der Waals surface area contributed by atoms with E-state index in [1.54, 1.807) is 0 Å². The Morgan fingerprint density at radius 1 is 1.22 bits per heavy atom. The Morgan fingerprint density at radius 3 is 2.57 bits per heavy atom. The summed E-state index contributed by atoms with van der Waals surface area (Å²) in [5.74, 6) is -0.147.